The highest BCUT2D eigenvalue weighted by molar-refractivity contribution is 5.70. The van der Waals surface area contributed by atoms with Crippen molar-refractivity contribution in [3.8, 4) is 0 Å². The van der Waals surface area contributed by atoms with Gasteiger partial charge in [-0.15, -0.1) is 0 Å². The number of esters is 2. The van der Waals surface area contributed by atoms with Crippen LogP contribution in [0.3, 0.4) is 0 Å². The molecule has 0 spiro atoms. The first-order chi connectivity index (χ1) is 28.1. The highest BCUT2D eigenvalue weighted by atomic mass is 16.6. The molecule has 0 N–H and O–H groups in total. The third-order valence-corrected chi connectivity index (χ3v) is 8.74. The van der Waals surface area contributed by atoms with E-state index in [1.54, 1.807) is 21.1 Å². The van der Waals surface area contributed by atoms with E-state index in [0.29, 0.717) is 12.8 Å². The first-order valence-electron chi connectivity index (χ1n) is 21.6. The molecular weight excluding hydrogens is 727 g/mol. The number of unbranched alkanes of at least 4 members (excludes halogenated alkanes) is 7. The Morgan fingerprint density at radius 2 is 1.05 bits per heavy atom. The van der Waals surface area contributed by atoms with Gasteiger partial charge in [0.05, 0.1) is 40.3 Å². The fourth-order valence-corrected chi connectivity index (χ4v) is 5.39. The fraction of sp³-hybridized carbons (Fsp3) is 0.540. The van der Waals surface area contributed by atoms with Crippen molar-refractivity contribution in [3.05, 3.63) is 122 Å². The molecule has 0 aliphatic rings. The number of nitrogens with zero attached hydrogens (tertiary/aromatic N) is 1. The molecule has 0 aromatic heterocycles. The van der Waals surface area contributed by atoms with Gasteiger partial charge >= 0.3 is 11.9 Å². The van der Waals surface area contributed by atoms with Crippen molar-refractivity contribution in [1.29, 1.82) is 0 Å². The number of carbonyl (C=O) groups excluding carboxylic acids is 3. The molecule has 0 heterocycles. The van der Waals surface area contributed by atoms with Crippen molar-refractivity contribution >= 4 is 17.9 Å². The molecule has 8 heteroatoms. The van der Waals surface area contributed by atoms with Crippen LogP contribution in [-0.4, -0.2) is 75.5 Å². The SMILES string of the molecule is CC/C=C/C=C/C=C/C=C/C=C/C=C/CCCCCC(=O)OC(COCCC(C(=O)[O-])[N+](C)(C)C)COC(=O)CCC/C=C/C/C=C/C/C=C/C/C=C/CCCCC. The Bertz CT molecular complexity index is 1350. The summed E-state index contributed by atoms with van der Waals surface area (Å²) in [6, 6.07) is -0.751. The second kappa shape index (κ2) is 39.6. The summed E-state index contributed by atoms with van der Waals surface area (Å²) in [7, 11) is 5.35. The summed E-state index contributed by atoms with van der Waals surface area (Å²) in [5, 5.41) is 11.6. The number of allylic oxidation sites excluding steroid dienone is 20. The van der Waals surface area contributed by atoms with Gasteiger partial charge in [0.1, 0.15) is 12.6 Å². The van der Waals surface area contributed by atoms with E-state index in [2.05, 4.69) is 74.6 Å². The Hall–Kier alpha value is -4.27. The third kappa shape index (κ3) is 37.3. The van der Waals surface area contributed by atoms with Crippen molar-refractivity contribution < 1.29 is 38.2 Å². The lowest BCUT2D eigenvalue weighted by Crippen LogP contribution is -2.55. The van der Waals surface area contributed by atoms with Crippen molar-refractivity contribution in [2.45, 2.75) is 135 Å². The lowest BCUT2D eigenvalue weighted by atomic mass is 10.1. The maximum Gasteiger partial charge on any atom is 0.306 e. The monoisotopic (exact) mass is 804 g/mol. The molecule has 0 aliphatic carbocycles. The number of hydrogen-bond donors (Lipinski definition) is 0. The second-order valence-corrected chi connectivity index (χ2v) is 15.0. The molecule has 0 radical (unpaired) electrons. The van der Waals surface area contributed by atoms with Gasteiger partial charge in [-0.2, -0.15) is 0 Å². The number of quaternary nitrogens is 1. The van der Waals surface area contributed by atoms with E-state index in [1.165, 1.54) is 25.7 Å². The Morgan fingerprint density at radius 1 is 0.552 bits per heavy atom. The van der Waals surface area contributed by atoms with Crippen LogP contribution in [0.25, 0.3) is 0 Å². The summed E-state index contributed by atoms with van der Waals surface area (Å²) >= 11 is 0. The molecule has 0 amide bonds. The number of carboxylic acid groups (broad SMARTS) is 1. The van der Waals surface area contributed by atoms with E-state index in [0.717, 1.165) is 51.4 Å². The maximum atomic E-state index is 12.7. The minimum atomic E-state index is -1.15. The zero-order valence-electron chi connectivity index (χ0n) is 36.6. The highest BCUT2D eigenvalue weighted by Gasteiger charge is 2.25. The average Bonchev–Trinajstić information content (AvgIpc) is 3.18. The number of rotatable bonds is 36. The maximum absolute atomic E-state index is 12.7. The van der Waals surface area contributed by atoms with Gasteiger partial charge in [-0.25, -0.2) is 0 Å². The van der Waals surface area contributed by atoms with Crippen LogP contribution in [0.15, 0.2) is 122 Å². The number of aliphatic carboxylic acids is 1. The van der Waals surface area contributed by atoms with E-state index in [4.69, 9.17) is 14.2 Å². The fourth-order valence-electron chi connectivity index (χ4n) is 5.39. The molecule has 0 saturated heterocycles. The largest absolute Gasteiger partial charge is 0.544 e. The number of hydrogen-bond acceptors (Lipinski definition) is 7. The second-order valence-electron chi connectivity index (χ2n) is 15.0. The summed E-state index contributed by atoms with van der Waals surface area (Å²) in [5.74, 6) is -1.89. The molecule has 0 fully saturated rings. The number of ether oxygens (including phenoxy) is 3. The number of likely N-dealkylation sites (N-methyl/N-ethyl adjacent to an activating group) is 1. The molecule has 0 saturated carbocycles. The van der Waals surface area contributed by atoms with Gasteiger partial charge in [0.15, 0.2) is 6.10 Å². The quantitative estimate of drug-likeness (QED) is 0.0204. The first-order valence-corrected chi connectivity index (χ1v) is 21.6. The molecule has 8 nitrogen and oxygen atoms in total. The molecule has 324 valence electrons. The molecule has 0 aromatic carbocycles. The zero-order chi connectivity index (χ0) is 42.8. The Kier molecular flexibility index (Phi) is 36.6. The van der Waals surface area contributed by atoms with E-state index in [9.17, 15) is 19.5 Å². The predicted octanol–water partition coefficient (Wildman–Crippen LogP) is 10.5. The third-order valence-electron chi connectivity index (χ3n) is 8.74. The number of carboxylic acids is 1. The van der Waals surface area contributed by atoms with Gasteiger partial charge in [0, 0.05) is 19.3 Å². The van der Waals surface area contributed by atoms with E-state index in [-0.39, 0.29) is 55.5 Å². The topological polar surface area (TPSA) is 102 Å². The summed E-state index contributed by atoms with van der Waals surface area (Å²) < 4.78 is 17.0. The van der Waals surface area contributed by atoms with Gasteiger partial charge < -0.3 is 28.6 Å². The molecule has 0 aromatic rings. The van der Waals surface area contributed by atoms with Gasteiger partial charge in [-0.05, 0) is 70.6 Å². The summed E-state index contributed by atoms with van der Waals surface area (Å²) in [4.78, 5) is 36.8. The lowest BCUT2D eigenvalue weighted by Gasteiger charge is -2.34. The van der Waals surface area contributed by atoms with Crippen molar-refractivity contribution in [1.82, 2.24) is 0 Å². The Labute approximate surface area is 352 Å². The molecular formula is C50H77NO7. The van der Waals surface area contributed by atoms with Crippen LogP contribution in [0.2, 0.25) is 0 Å². The summed E-state index contributed by atoms with van der Waals surface area (Å²) in [6.45, 7) is 4.34. The molecule has 2 atom stereocenters. The van der Waals surface area contributed by atoms with Crippen LogP contribution < -0.4 is 5.11 Å². The first kappa shape index (κ1) is 53.7. The van der Waals surface area contributed by atoms with Crippen molar-refractivity contribution in [3.63, 3.8) is 0 Å². The molecule has 0 aliphatic heterocycles. The molecule has 0 rings (SSSR count). The van der Waals surface area contributed by atoms with E-state index < -0.39 is 18.1 Å². The average molecular weight is 804 g/mol. The summed E-state index contributed by atoms with van der Waals surface area (Å²) in [6.07, 6.45) is 55.1. The van der Waals surface area contributed by atoms with Gasteiger partial charge in [0.2, 0.25) is 0 Å². The van der Waals surface area contributed by atoms with Crippen LogP contribution in [0.1, 0.15) is 123 Å². The number of carbonyl (C=O) groups is 3. The van der Waals surface area contributed by atoms with Gasteiger partial charge in [-0.3, -0.25) is 9.59 Å². The van der Waals surface area contributed by atoms with Crippen LogP contribution >= 0.6 is 0 Å². The zero-order valence-corrected chi connectivity index (χ0v) is 36.6. The van der Waals surface area contributed by atoms with E-state index in [1.807, 2.05) is 60.8 Å². The Morgan fingerprint density at radius 3 is 1.60 bits per heavy atom. The standard InChI is InChI=1S/C50H77NO7/c1-6-8-10-12-14-16-18-20-22-24-26-28-30-32-34-36-38-40-48(52)57-45-46(44-56-43-42-47(50(54)55)51(3,4)5)58-49(53)41-39-37-35-33-31-29-27-25-23-21-19-17-15-13-11-9-7-2/h9,11,13-17,19-23,25-29,31-32,34,46-47H,6-8,10,12,18,24,30,33,35-45H2,1-5H3/b11-9+,15-13+,16-14+,19-17+,22-20+,23-21+,27-25+,28-26+,31-29+,34-32+. The van der Waals surface area contributed by atoms with Gasteiger partial charge in [0.25, 0.3) is 0 Å². The Balaban J connectivity index is 4.59. The van der Waals surface area contributed by atoms with Crippen molar-refractivity contribution in [2.24, 2.45) is 0 Å². The van der Waals surface area contributed by atoms with Crippen LogP contribution in [-0.2, 0) is 28.6 Å². The van der Waals surface area contributed by atoms with E-state index >= 15 is 0 Å². The summed E-state index contributed by atoms with van der Waals surface area (Å²) in [5.41, 5.74) is 0. The minimum absolute atomic E-state index is 0.00433. The predicted molar refractivity (Wildman–Crippen MR) is 240 cm³/mol. The van der Waals surface area contributed by atoms with Crippen LogP contribution in [0.5, 0.6) is 0 Å². The normalized spacial score (nSPS) is 14.2. The van der Waals surface area contributed by atoms with Crippen LogP contribution in [0.4, 0.5) is 0 Å². The molecule has 58 heavy (non-hydrogen) atoms. The lowest BCUT2D eigenvalue weighted by molar-refractivity contribution is -0.889. The smallest absolute Gasteiger partial charge is 0.306 e. The molecule has 2 unspecified atom stereocenters. The van der Waals surface area contributed by atoms with Crippen LogP contribution in [0, 0.1) is 0 Å². The highest BCUT2D eigenvalue weighted by Crippen LogP contribution is 2.10. The van der Waals surface area contributed by atoms with Crippen molar-refractivity contribution in [2.75, 3.05) is 41.0 Å². The minimum Gasteiger partial charge on any atom is -0.544 e. The van der Waals surface area contributed by atoms with Gasteiger partial charge in [-0.1, -0.05) is 155 Å². The molecule has 0 bridgehead atoms.